The van der Waals surface area contributed by atoms with Crippen LogP contribution in [0, 0.1) is 0 Å². The number of benzene rings is 3. The molecular formula is C30H23Cl2N3O4S. The highest BCUT2D eigenvalue weighted by Crippen LogP contribution is 2.40. The molecule has 7 nitrogen and oxygen atoms in total. The van der Waals surface area contributed by atoms with Crippen LogP contribution >= 0.6 is 34.5 Å². The molecule has 0 spiro atoms. The number of nitrogens with two attached hydrogens (primary N) is 1. The fourth-order valence-corrected chi connectivity index (χ4v) is 6.21. The maximum Gasteiger partial charge on any atom is 0.338 e. The van der Waals surface area contributed by atoms with Crippen LogP contribution in [0.5, 0.6) is 0 Å². The summed E-state index contributed by atoms with van der Waals surface area (Å²) in [6, 6.07) is 23.3. The number of carbonyl (C=O) groups is 2. The van der Waals surface area contributed by atoms with Gasteiger partial charge in [0.25, 0.3) is 11.5 Å². The molecule has 0 fully saturated rings. The van der Waals surface area contributed by atoms with Crippen LogP contribution in [0.15, 0.2) is 89.2 Å². The second-order valence-corrected chi connectivity index (χ2v) is 10.7. The molecule has 202 valence electrons. The lowest BCUT2D eigenvalue weighted by Crippen LogP contribution is -2.43. The predicted octanol–water partition coefficient (Wildman–Crippen LogP) is 3.61. The molecule has 0 saturated heterocycles. The van der Waals surface area contributed by atoms with Gasteiger partial charge in [-0.2, -0.15) is 0 Å². The number of ether oxygens (including phenoxy) is 1. The van der Waals surface area contributed by atoms with Crippen molar-refractivity contribution in [2.45, 2.75) is 12.5 Å². The Balaban J connectivity index is 1.82. The second kappa shape index (κ2) is 11.6. The van der Waals surface area contributed by atoms with Crippen molar-refractivity contribution >= 4 is 63.9 Å². The van der Waals surface area contributed by atoms with E-state index in [9.17, 15) is 14.4 Å². The lowest BCUT2D eigenvalue weighted by atomic mass is 9.82. The van der Waals surface area contributed by atoms with Crippen LogP contribution in [0.25, 0.3) is 17.5 Å². The van der Waals surface area contributed by atoms with E-state index >= 15 is 0 Å². The summed E-state index contributed by atoms with van der Waals surface area (Å²) in [6.07, 6.45) is 1.63. The van der Waals surface area contributed by atoms with Gasteiger partial charge in [-0.3, -0.25) is 14.2 Å². The summed E-state index contributed by atoms with van der Waals surface area (Å²) in [5.41, 5.74) is 8.10. The normalized spacial score (nSPS) is 15.1. The number of aromatic nitrogens is 1. The first-order chi connectivity index (χ1) is 19.3. The van der Waals surface area contributed by atoms with E-state index in [4.69, 9.17) is 33.7 Å². The van der Waals surface area contributed by atoms with Crippen LogP contribution in [0.3, 0.4) is 0 Å². The van der Waals surface area contributed by atoms with Crippen molar-refractivity contribution in [2.75, 3.05) is 7.11 Å². The van der Waals surface area contributed by atoms with Crippen LogP contribution in [0.4, 0.5) is 0 Å². The average Bonchev–Trinajstić information content (AvgIpc) is 3.28. The standard InChI is InChI=1S/C30H23Cl2N3O4S/c1-39-30(38)24-23(19-12-6-8-14-21(19)32)25(27(36)34-16-17-9-3-2-4-10-17)29-35(26(24)33)28(37)22(40-29)15-18-11-5-7-13-20(18)31/h2-15,23H,16,33H2,1H3,(H,34,36)/b22-15+. The molecule has 40 heavy (non-hydrogen) atoms. The first-order valence-electron chi connectivity index (χ1n) is 12.2. The van der Waals surface area contributed by atoms with Gasteiger partial charge < -0.3 is 15.8 Å². The van der Waals surface area contributed by atoms with Crippen LogP contribution in [-0.2, 0) is 20.9 Å². The van der Waals surface area contributed by atoms with Crippen LogP contribution in [0.2, 0.25) is 10.0 Å². The molecule has 0 bridgehead atoms. The van der Waals surface area contributed by atoms with Gasteiger partial charge in [-0.1, -0.05) is 89.9 Å². The Labute approximate surface area is 243 Å². The van der Waals surface area contributed by atoms with Crippen molar-refractivity contribution in [3.63, 3.8) is 0 Å². The van der Waals surface area contributed by atoms with E-state index in [1.165, 1.54) is 11.7 Å². The number of thiazole rings is 1. The van der Waals surface area contributed by atoms with Crippen molar-refractivity contribution in [3.05, 3.63) is 131 Å². The van der Waals surface area contributed by atoms with E-state index in [2.05, 4.69) is 5.32 Å². The molecule has 0 radical (unpaired) electrons. The summed E-state index contributed by atoms with van der Waals surface area (Å²) in [7, 11) is 1.21. The molecule has 1 unspecified atom stereocenters. The molecule has 3 aromatic carbocycles. The monoisotopic (exact) mass is 591 g/mol. The van der Waals surface area contributed by atoms with Gasteiger partial charge in [0.2, 0.25) is 0 Å². The second-order valence-electron chi connectivity index (χ2n) is 8.90. The number of fused-ring (bicyclic) bond motifs is 1. The minimum absolute atomic E-state index is 0.0582. The number of halogens is 2. The van der Waals surface area contributed by atoms with Crippen molar-refractivity contribution in [3.8, 4) is 0 Å². The highest BCUT2D eigenvalue weighted by atomic mass is 35.5. The van der Waals surface area contributed by atoms with Crippen molar-refractivity contribution in [1.82, 2.24) is 9.88 Å². The SMILES string of the molecule is COC(=O)C1=C(N)n2c(s/c(=C/c3ccccc3Cl)c2=O)=C(C(=O)NCc2ccccc2)C1c1ccccc1Cl. The minimum Gasteiger partial charge on any atom is -0.466 e. The number of esters is 1. The molecule has 2 heterocycles. The largest absolute Gasteiger partial charge is 0.466 e. The summed E-state index contributed by atoms with van der Waals surface area (Å²) in [6.45, 7) is 0.222. The third-order valence-electron chi connectivity index (χ3n) is 6.50. The van der Waals surface area contributed by atoms with E-state index in [-0.39, 0.29) is 32.7 Å². The number of hydrogen-bond donors (Lipinski definition) is 2. The van der Waals surface area contributed by atoms with Gasteiger partial charge >= 0.3 is 5.97 Å². The minimum atomic E-state index is -0.997. The molecule has 1 aliphatic rings. The third-order valence-corrected chi connectivity index (χ3v) is 8.30. The maximum absolute atomic E-state index is 14.0. The van der Waals surface area contributed by atoms with Gasteiger partial charge in [0, 0.05) is 16.6 Å². The van der Waals surface area contributed by atoms with Crippen molar-refractivity contribution in [1.29, 1.82) is 0 Å². The van der Waals surface area contributed by atoms with E-state index in [0.717, 1.165) is 16.9 Å². The molecule has 1 aromatic heterocycles. The van der Waals surface area contributed by atoms with Gasteiger partial charge in [-0.25, -0.2) is 4.79 Å². The van der Waals surface area contributed by atoms with Crippen molar-refractivity contribution in [2.24, 2.45) is 5.73 Å². The molecule has 1 amide bonds. The summed E-state index contributed by atoms with van der Waals surface area (Å²) >= 11 is 14.0. The molecule has 0 aliphatic carbocycles. The number of rotatable bonds is 6. The third kappa shape index (κ3) is 5.09. The molecule has 0 saturated carbocycles. The highest BCUT2D eigenvalue weighted by molar-refractivity contribution is 7.07. The number of nitrogens with one attached hydrogen (secondary N) is 1. The number of carbonyl (C=O) groups excluding carboxylic acids is 2. The molecule has 10 heteroatoms. The predicted molar refractivity (Wildman–Crippen MR) is 158 cm³/mol. The van der Waals surface area contributed by atoms with E-state index < -0.39 is 23.4 Å². The number of nitrogens with zero attached hydrogens (tertiary/aromatic N) is 1. The van der Waals surface area contributed by atoms with E-state index in [1.54, 1.807) is 54.6 Å². The smallest absolute Gasteiger partial charge is 0.338 e. The van der Waals surface area contributed by atoms with Gasteiger partial charge in [-0.15, -0.1) is 11.3 Å². The Morgan fingerprint density at radius 1 is 0.975 bits per heavy atom. The number of hydrogen-bond acceptors (Lipinski definition) is 6. The first-order valence-corrected chi connectivity index (χ1v) is 13.8. The summed E-state index contributed by atoms with van der Waals surface area (Å²) < 4.78 is 6.83. The number of amides is 1. The Kier molecular flexibility index (Phi) is 7.93. The van der Waals surface area contributed by atoms with Gasteiger partial charge in [-0.05, 0) is 34.9 Å². The average molecular weight is 593 g/mol. The van der Waals surface area contributed by atoms with E-state index in [0.29, 0.717) is 21.2 Å². The summed E-state index contributed by atoms with van der Waals surface area (Å²) in [4.78, 5) is 40.9. The highest BCUT2D eigenvalue weighted by Gasteiger charge is 2.39. The van der Waals surface area contributed by atoms with Gasteiger partial charge in [0.1, 0.15) is 10.5 Å². The van der Waals surface area contributed by atoms with Crippen LogP contribution in [0.1, 0.15) is 22.6 Å². The zero-order chi connectivity index (χ0) is 28.4. The summed E-state index contributed by atoms with van der Waals surface area (Å²) in [5, 5.41) is 3.71. The fraction of sp³-hybridized carbons (Fsp3) is 0.100. The molecule has 4 aromatic rings. The molecule has 1 aliphatic heterocycles. The number of methoxy groups -OCH3 is 1. The Morgan fingerprint density at radius 3 is 2.30 bits per heavy atom. The Morgan fingerprint density at radius 2 is 1.62 bits per heavy atom. The van der Waals surface area contributed by atoms with Gasteiger partial charge in [0.15, 0.2) is 0 Å². The zero-order valence-electron chi connectivity index (χ0n) is 21.2. The summed E-state index contributed by atoms with van der Waals surface area (Å²) in [5.74, 6) is -2.40. The maximum atomic E-state index is 14.0. The molecule has 3 N–H and O–H groups in total. The van der Waals surface area contributed by atoms with Crippen LogP contribution < -0.4 is 25.8 Å². The topological polar surface area (TPSA) is 103 Å². The lowest BCUT2D eigenvalue weighted by Gasteiger charge is -2.27. The zero-order valence-corrected chi connectivity index (χ0v) is 23.5. The lowest BCUT2D eigenvalue weighted by molar-refractivity contribution is -0.136. The quantitative estimate of drug-likeness (QED) is 0.333. The first kappa shape index (κ1) is 27.5. The van der Waals surface area contributed by atoms with Crippen LogP contribution in [-0.4, -0.2) is 23.6 Å². The van der Waals surface area contributed by atoms with Crippen molar-refractivity contribution < 1.29 is 14.3 Å². The van der Waals surface area contributed by atoms with Gasteiger partial charge in [0.05, 0.1) is 28.7 Å². The van der Waals surface area contributed by atoms with E-state index in [1.807, 2.05) is 30.3 Å². The molecule has 1 atom stereocenters. The fourth-order valence-electron chi connectivity index (χ4n) is 4.61. The Bertz CT molecular complexity index is 1840. The Hall–Kier alpha value is -4.11. The molecular weight excluding hydrogens is 569 g/mol. The molecule has 5 rings (SSSR count).